The van der Waals surface area contributed by atoms with E-state index in [0.29, 0.717) is 13.1 Å². The number of sulfone groups is 1. The van der Waals surface area contributed by atoms with Crippen LogP contribution in [-0.2, 0) is 19.4 Å². The van der Waals surface area contributed by atoms with E-state index in [9.17, 15) is 13.2 Å². The Morgan fingerprint density at radius 1 is 1.33 bits per heavy atom. The molecule has 1 atom stereocenters. The highest BCUT2D eigenvalue weighted by Gasteiger charge is 2.35. The molecule has 5 nitrogen and oxygen atoms in total. The number of morpholine rings is 1. The average Bonchev–Trinajstić information content (AvgIpc) is 2.37. The Labute approximate surface area is 125 Å². The Balaban J connectivity index is 2.11. The highest BCUT2D eigenvalue weighted by Crippen LogP contribution is 2.21. The molecule has 0 aromatic heterocycles. The molecule has 21 heavy (non-hydrogen) atoms. The third kappa shape index (κ3) is 4.04. The Kier molecular flexibility index (Phi) is 4.39. The molecule has 0 N–H and O–H groups in total. The first-order chi connectivity index (χ1) is 9.70. The molecule has 1 aliphatic heterocycles. The van der Waals surface area contributed by atoms with E-state index in [2.05, 4.69) is 0 Å². The van der Waals surface area contributed by atoms with Gasteiger partial charge in [0.25, 0.3) is 0 Å². The summed E-state index contributed by atoms with van der Waals surface area (Å²) in [7, 11) is -3.60. The van der Waals surface area contributed by atoms with Gasteiger partial charge in [0.15, 0.2) is 9.84 Å². The summed E-state index contributed by atoms with van der Waals surface area (Å²) in [5.41, 5.74) is -0.455. The first kappa shape index (κ1) is 16.0. The molecule has 1 amide bonds. The van der Waals surface area contributed by atoms with Gasteiger partial charge < -0.3 is 9.64 Å². The Morgan fingerprint density at radius 2 is 1.95 bits per heavy atom. The lowest BCUT2D eigenvalue weighted by Gasteiger charge is -2.41. The summed E-state index contributed by atoms with van der Waals surface area (Å²) >= 11 is 0. The summed E-state index contributed by atoms with van der Waals surface area (Å²) in [6.07, 6.45) is -0.0999. The summed E-state index contributed by atoms with van der Waals surface area (Å²) in [6.45, 7) is 6.50. The monoisotopic (exact) mass is 311 g/mol. The van der Waals surface area contributed by atoms with Crippen LogP contribution in [0.25, 0.3) is 0 Å². The van der Waals surface area contributed by atoms with Gasteiger partial charge >= 0.3 is 0 Å². The van der Waals surface area contributed by atoms with Crippen molar-refractivity contribution < 1.29 is 17.9 Å². The van der Waals surface area contributed by atoms with Crippen LogP contribution in [0.5, 0.6) is 0 Å². The van der Waals surface area contributed by atoms with Crippen LogP contribution >= 0.6 is 0 Å². The van der Waals surface area contributed by atoms with Crippen molar-refractivity contribution in [2.45, 2.75) is 37.4 Å². The number of hydrogen-bond donors (Lipinski definition) is 0. The number of carbonyl (C=O) groups is 1. The molecule has 1 aromatic rings. The minimum Gasteiger partial charge on any atom is -0.369 e. The standard InChI is InChI=1S/C15H21NO4S/c1-12-9-16(11-15(2,3)20-12)14(17)10-21(18,19)13-7-5-4-6-8-13/h4-8,12H,9-11H2,1-3H3. The van der Waals surface area contributed by atoms with Gasteiger partial charge in [0.1, 0.15) is 5.75 Å². The molecule has 0 radical (unpaired) electrons. The van der Waals surface area contributed by atoms with Crippen molar-refractivity contribution in [3.63, 3.8) is 0 Å². The van der Waals surface area contributed by atoms with Crippen LogP contribution in [0.1, 0.15) is 20.8 Å². The van der Waals surface area contributed by atoms with Gasteiger partial charge in [-0.3, -0.25) is 4.79 Å². The van der Waals surface area contributed by atoms with Crippen LogP contribution in [0.3, 0.4) is 0 Å². The van der Waals surface area contributed by atoms with Gasteiger partial charge in [0.2, 0.25) is 5.91 Å². The Bertz CT molecular complexity index is 610. The van der Waals surface area contributed by atoms with Gasteiger partial charge in [0, 0.05) is 13.1 Å². The van der Waals surface area contributed by atoms with Gasteiger partial charge in [-0.2, -0.15) is 0 Å². The summed E-state index contributed by atoms with van der Waals surface area (Å²) in [5, 5.41) is 0. The zero-order valence-corrected chi connectivity index (χ0v) is 13.4. The van der Waals surface area contributed by atoms with E-state index in [4.69, 9.17) is 4.74 Å². The Morgan fingerprint density at radius 3 is 2.52 bits per heavy atom. The van der Waals surface area contributed by atoms with Gasteiger partial charge in [-0.25, -0.2) is 8.42 Å². The smallest absolute Gasteiger partial charge is 0.238 e. The molecular weight excluding hydrogens is 290 g/mol. The first-order valence-electron chi connectivity index (χ1n) is 6.93. The van der Waals surface area contributed by atoms with E-state index < -0.39 is 21.2 Å². The molecule has 1 saturated heterocycles. The van der Waals surface area contributed by atoms with E-state index in [1.54, 1.807) is 23.1 Å². The molecule has 1 aliphatic rings. The van der Waals surface area contributed by atoms with Crippen LogP contribution in [0.15, 0.2) is 35.2 Å². The maximum Gasteiger partial charge on any atom is 0.238 e. The highest BCUT2D eigenvalue weighted by molar-refractivity contribution is 7.92. The minimum atomic E-state index is -3.60. The third-order valence-corrected chi connectivity index (χ3v) is 4.96. The zero-order chi connectivity index (χ0) is 15.7. The molecule has 0 saturated carbocycles. The van der Waals surface area contributed by atoms with Crippen molar-refractivity contribution in [1.82, 2.24) is 4.90 Å². The van der Waals surface area contributed by atoms with Gasteiger partial charge in [-0.15, -0.1) is 0 Å². The largest absolute Gasteiger partial charge is 0.369 e. The average molecular weight is 311 g/mol. The maximum absolute atomic E-state index is 12.3. The van der Waals surface area contributed by atoms with Crippen LogP contribution in [0.4, 0.5) is 0 Å². The molecule has 1 heterocycles. The SMILES string of the molecule is CC1CN(C(=O)CS(=O)(=O)c2ccccc2)CC(C)(C)O1. The summed E-state index contributed by atoms with van der Waals surface area (Å²) in [5.74, 6) is -0.873. The predicted octanol–water partition coefficient (Wildman–Crippen LogP) is 1.49. The van der Waals surface area contributed by atoms with Gasteiger partial charge in [0.05, 0.1) is 16.6 Å². The normalized spacial score (nSPS) is 22.0. The number of nitrogens with zero attached hydrogens (tertiary/aromatic N) is 1. The maximum atomic E-state index is 12.3. The van der Waals surface area contributed by atoms with E-state index in [1.165, 1.54) is 12.1 Å². The molecule has 1 aromatic carbocycles. The van der Waals surface area contributed by atoms with E-state index in [0.717, 1.165) is 0 Å². The number of amides is 1. The summed E-state index contributed by atoms with van der Waals surface area (Å²) in [6, 6.07) is 8.06. The van der Waals surface area contributed by atoms with Crippen molar-refractivity contribution in [1.29, 1.82) is 0 Å². The van der Waals surface area contributed by atoms with E-state index in [-0.39, 0.29) is 16.9 Å². The van der Waals surface area contributed by atoms with Crippen LogP contribution in [0, 0.1) is 0 Å². The lowest BCUT2D eigenvalue weighted by Crippen LogP contribution is -2.54. The number of rotatable bonds is 3. The van der Waals surface area contributed by atoms with Crippen molar-refractivity contribution in [2.75, 3.05) is 18.8 Å². The number of ether oxygens (including phenoxy) is 1. The molecule has 6 heteroatoms. The van der Waals surface area contributed by atoms with Gasteiger partial charge in [-0.05, 0) is 32.9 Å². The topological polar surface area (TPSA) is 63.7 Å². The molecule has 0 spiro atoms. The predicted molar refractivity (Wildman–Crippen MR) is 79.7 cm³/mol. The molecular formula is C15H21NO4S. The van der Waals surface area contributed by atoms with Gasteiger partial charge in [-0.1, -0.05) is 18.2 Å². The van der Waals surface area contributed by atoms with Crippen LogP contribution < -0.4 is 0 Å². The molecule has 0 aliphatic carbocycles. The number of benzene rings is 1. The highest BCUT2D eigenvalue weighted by atomic mass is 32.2. The lowest BCUT2D eigenvalue weighted by atomic mass is 10.1. The quantitative estimate of drug-likeness (QED) is 0.848. The van der Waals surface area contributed by atoms with Crippen molar-refractivity contribution >= 4 is 15.7 Å². The van der Waals surface area contributed by atoms with E-state index in [1.807, 2.05) is 20.8 Å². The summed E-state index contributed by atoms with van der Waals surface area (Å²) < 4.78 is 30.2. The first-order valence-corrected chi connectivity index (χ1v) is 8.58. The fourth-order valence-electron chi connectivity index (χ4n) is 2.61. The second-order valence-corrected chi connectivity index (χ2v) is 8.02. The number of carbonyl (C=O) groups excluding carboxylic acids is 1. The zero-order valence-electron chi connectivity index (χ0n) is 12.6. The second-order valence-electron chi connectivity index (χ2n) is 6.03. The van der Waals surface area contributed by atoms with Crippen LogP contribution in [-0.4, -0.2) is 49.8 Å². The van der Waals surface area contributed by atoms with Crippen LogP contribution in [0.2, 0.25) is 0 Å². The third-order valence-electron chi connectivity index (χ3n) is 3.34. The fourth-order valence-corrected chi connectivity index (χ4v) is 3.85. The van der Waals surface area contributed by atoms with E-state index >= 15 is 0 Å². The molecule has 1 fully saturated rings. The number of hydrogen-bond acceptors (Lipinski definition) is 4. The molecule has 1 unspecified atom stereocenters. The Hall–Kier alpha value is -1.40. The van der Waals surface area contributed by atoms with Crippen molar-refractivity contribution in [2.24, 2.45) is 0 Å². The molecule has 0 bridgehead atoms. The fraction of sp³-hybridized carbons (Fsp3) is 0.533. The molecule has 116 valence electrons. The van der Waals surface area contributed by atoms with Crippen molar-refractivity contribution in [3.8, 4) is 0 Å². The minimum absolute atomic E-state index is 0.0999. The summed E-state index contributed by atoms with van der Waals surface area (Å²) in [4.78, 5) is 14.1. The second kappa shape index (κ2) is 5.77. The van der Waals surface area contributed by atoms with Crippen molar-refractivity contribution in [3.05, 3.63) is 30.3 Å². The molecule has 2 rings (SSSR count). The lowest BCUT2D eigenvalue weighted by molar-refractivity contribution is -0.155.